The number of rotatable bonds is 6. The van der Waals surface area contributed by atoms with Crippen molar-refractivity contribution in [3.8, 4) is 5.75 Å². The van der Waals surface area contributed by atoms with Crippen molar-refractivity contribution >= 4 is 63.8 Å². The molecular weight excluding hydrogens is 483 g/mol. The second kappa shape index (κ2) is 10.6. The average Bonchev–Trinajstić information content (AvgIpc) is 3.08. The minimum absolute atomic E-state index is 0.0833. The maximum Gasteiger partial charge on any atom is 0.341 e. The van der Waals surface area contributed by atoms with E-state index < -0.39 is 12.6 Å². The van der Waals surface area contributed by atoms with Gasteiger partial charge in [-0.15, -0.1) is 0 Å². The number of benzene rings is 2. The fraction of sp³-hybridized carbons (Fsp3) is 0.292. The Kier molecular flexibility index (Phi) is 7.63. The van der Waals surface area contributed by atoms with Gasteiger partial charge in [0.1, 0.15) is 0 Å². The standard InChI is InChI=1S/C24H22Cl2N2O4S/c25-18-11-15(12-19(26)22(18)32-14-21(29)30)13-20-23(31)28(17-9-5-2-6-10-17)24(33-20)27-16-7-3-1-4-8-16/h1,3-4,7-8,11-13,17H,2,5-6,9-10,14H2,(H,29,30)/b20-13-,27-24?. The quantitative estimate of drug-likeness (QED) is 0.460. The summed E-state index contributed by atoms with van der Waals surface area (Å²) in [7, 11) is 0. The topological polar surface area (TPSA) is 79.2 Å². The summed E-state index contributed by atoms with van der Waals surface area (Å²) >= 11 is 13.9. The molecule has 1 amide bonds. The number of carbonyl (C=O) groups excluding carboxylic acids is 1. The molecule has 33 heavy (non-hydrogen) atoms. The normalized spacial score (nSPS) is 19.5. The minimum atomic E-state index is -1.13. The summed E-state index contributed by atoms with van der Waals surface area (Å²) in [5.74, 6) is -1.11. The van der Waals surface area contributed by atoms with E-state index in [-0.39, 0.29) is 27.7 Å². The Morgan fingerprint density at radius 2 is 1.82 bits per heavy atom. The highest BCUT2D eigenvalue weighted by molar-refractivity contribution is 8.18. The molecule has 1 saturated heterocycles. The van der Waals surface area contributed by atoms with Crippen LogP contribution in [0.15, 0.2) is 52.4 Å². The van der Waals surface area contributed by atoms with Gasteiger partial charge < -0.3 is 9.84 Å². The van der Waals surface area contributed by atoms with Crippen molar-refractivity contribution in [3.05, 3.63) is 63.0 Å². The van der Waals surface area contributed by atoms with Crippen LogP contribution in [0.1, 0.15) is 37.7 Å². The number of carboxylic acids is 1. The van der Waals surface area contributed by atoms with E-state index >= 15 is 0 Å². The zero-order chi connectivity index (χ0) is 23.4. The van der Waals surface area contributed by atoms with Crippen LogP contribution in [0, 0.1) is 0 Å². The molecule has 1 aliphatic heterocycles. The predicted molar refractivity (Wildman–Crippen MR) is 132 cm³/mol. The second-order valence-electron chi connectivity index (χ2n) is 7.80. The van der Waals surface area contributed by atoms with E-state index in [4.69, 9.17) is 38.0 Å². The number of ether oxygens (including phenoxy) is 1. The first kappa shape index (κ1) is 23.7. The van der Waals surface area contributed by atoms with Gasteiger partial charge in [-0.2, -0.15) is 0 Å². The van der Waals surface area contributed by atoms with Crippen molar-refractivity contribution < 1.29 is 19.4 Å². The molecule has 0 radical (unpaired) electrons. The molecule has 4 rings (SSSR count). The summed E-state index contributed by atoms with van der Waals surface area (Å²) < 4.78 is 5.17. The lowest BCUT2D eigenvalue weighted by Gasteiger charge is -2.30. The number of carbonyl (C=O) groups is 2. The van der Waals surface area contributed by atoms with Gasteiger partial charge in [-0.25, -0.2) is 9.79 Å². The molecule has 2 aromatic rings. The monoisotopic (exact) mass is 504 g/mol. The molecule has 0 spiro atoms. The Morgan fingerprint density at radius 1 is 1.15 bits per heavy atom. The summed E-state index contributed by atoms with van der Waals surface area (Å²) in [6, 6.07) is 12.9. The second-order valence-corrected chi connectivity index (χ2v) is 9.63. The number of nitrogens with zero attached hydrogens (tertiary/aromatic N) is 2. The van der Waals surface area contributed by atoms with Crippen LogP contribution < -0.4 is 4.74 Å². The lowest BCUT2D eigenvalue weighted by atomic mass is 9.94. The zero-order valence-electron chi connectivity index (χ0n) is 17.7. The average molecular weight is 505 g/mol. The fourth-order valence-electron chi connectivity index (χ4n) is 3.92. The Bertz CT molecular complexity index is 1090. The van der Waals surface area contributed by atoms with E-state index in [0.29, 0.717) is 15.6 Å². The van der Waals surface area contributed by atoms with E-state index in [1.165, 1.54) is 18.2 Å². The molecule has 2 aromatic carbocycles. The molecule has 0 unspecified atom stereocenters. The number of hydrogen-bond donors (Lipinski definition) is 1. The number of carboxylic acid groups (broad SMARTS) is 1. The van der Waals surface area contributed by atoms with Crippen molar-refractivity contribution in [2.75, 3.05) is 6.61 Å². The minimum Gasteiger partial charge on any atom is -0.479 e. The highest BCUT2D eigenvalue weighted by atomic mass is 35.5. The lowest BCUT2D eigenvalue weighted by Crippen LogP contribution is -2.40. The predicted octanol–water partition coefficient (Wildman–Crippen LogP) is 6.39. The molecule has 0 aromatic heterocycles. The fourth-order valence-corrected chi connectivity index (χ4v) is 5.60. The van der Waals surface area contributed by atoms with Crippen LogP contribution >= 0.6 is 35.0 Å². The van der Waals surface area contributed by atoms with Gasteiger partial charge in [-0.05, 0) is 60.5 Å². The number of amidine groups is 1. The Morgan fingerprint density at radius 3 is 2.45 bits per heavy atom. The molecule has 9 heteroatoms. The SMILES string of the molecule is O=C(O)COc1c(Cl)cc(/C=C2\SC(=Nc3ccccc3)N(C3CCCCC3)C2=O)cc1Cl. The van der Waals surface area contributed by atoms with Gasteiger partial charge in [0.05, 0.1) is 20.6 Å². The third-order valence-corrected chi connectivity index (χ3v) is 6.96. The molecule has 0 bridgehead atoms. The first-order valence-electron chi connectivity index (χ1n) is 10.6. The van der Waals surface area contributed by atoms with Crippen LogP contribution in [-0.2, 0) is 9.59 Å². The number of thioether (sulfide) groups is 1. The maximum absolute atomic E-state index is 13.4. The maximum atomic E-state index is 13.4. The van der Waals surface area contributed by atoms with Gasteiger partial charge >= 0.3 is 5.97 Å². The number of halogens is 2. The van der Waals surface area contributed by atoms with E-state index in [1.807, 2.05) is 35.2 Å². The number of aliphatic imine (C=N–C) groups is 1. The van der Waals surface area contributed by atoms with Crippen molar-refractivity contribution in [3.63, 3.8) is 0 Å². The van der Waals surface area contributed by atoms with E-state index in [1.54, 1.807) is 18.2 Å². The summed E-state index contributed by atoms with van der Waals surface area (Å²) in [4.78, 5) is 31.3. The number of hydrogen-bond acceptors (Lipinski definition) is 5. The summed E-state index contributed by atoms with van der Waals surface area (Å²) in [5, 5.41) is 9.83. The molecule has 2 aliphatic rings. The number of amides is 1. The largest absolute Gasteiger partial charge is 0.479 e. The molecule has 1 N–H and O–H groups in total. The van der Waals surface area contributed by atoms with Crippen LogP contribution in [0.25, 0.3) is 6.08 Å². The third kappa shape index (κ3) is 5.72. The molecule has 172 valence electrons. The lowest BCUT2D eigenvalue weighted by molar-refractivity contribution is -0.139. The van der Waals surface area contributed by atoms with Gasteiger partial charge in [0.2, 0.25) is 0 Å². The van der Waals surface area contributed by atoms with Crippen LogP contribution in [0.3, 0.4) is 0 Å². The smallest absolute Gasteiger partial charge is 0.341 e. The van der Waals surface area contributed by atoms with Gasteiger partial charge in [-0.1, -0.05) is 60.7 Å². The van der Waals surface area contributed by atoms with Gasteiger partial charge in [0.15, 0.2) is 17.5 Å². The highest BCUT2D eigenvalue weighted by Gasteiger charge is 2.38. The molecular formula is C24H22Cl2N2O4S. The first-order chi connectivity index (χ1) is 15.9. The van der Waals surface area contributed by atoms with Crippen molar-refractivity contribution in [2.24, 2.45) is 4.99 Å². The molecule has 1 saturated carbocycles. The van der Waals surface area contributed by atoms with Crippen molar-refractivity contribution in [1.82, 2.24) is 4.90 Å². The number of para-hydroxylation sites is 1. The molecule has 6 nitrogen and oxygen atoms in total. The van der Waals surface area contributed by atoms with E-state index in [2.05, 4.69) is 0 Å². The van der Waals surface area contributed by atoms with E-state index in [9.17, 15) is 9.59 Å². The molecule has 1 aliphatic carbocycles. The molecule has 1 heterocycles. The van der Waals surface area contributed by atoms with Crippen molar-refractivity contribution in [2.45, 2.75) is 38.1 Å². The Labute approximate surface area is 206 Å². The van der Waals surface area contributed by atoms with Gasteiger partial charge in [0.25, 0.3) is 5.91 Å². The first-order valence-corrected chi connectivity index (χ1v) is 12.2. The van der Waals surface area contributed by atoms with Gasteiger partial charge in [0, 0.05) is 6.04 Å². The number of aliphatic carboxylic acids is 1. The van der Waals surface area contributed by atoms with Crippen LogP contribution in [-0.4, -0.2) is 39.7 Å². The van der Waals surface area contributed by atoms with E-state index in [0.717, 1.165) is 31.4 Å². The Hall–Kier alpha value is -2.48. The Balaban J connectivity index is 1.65. The van der Waals surface area contributed by atoms with Crippen LogP contribution in [0.2, 0.25) is 10.0 Å². The highest BCUT2D eigenvalue weighted by Crippen LogP contribution is 2.40. The molecule has 0 atom stereocenters. The summed E-state index contributed by atoms with van der Waals surface area (Å²) in [6.45, 7) is -0.552. The summed E-state index contributed by atoms with van der Waals surface area (Å²) in [6.07, 6.45) is 7.03. The van der Waals surface area contributed by atoms with Crippen LogP contribution in [0.5, 0.6) is 5.75 Å². The summed E-state index contributed by atoms with van der Waals surface area (Å²) in [5.41, 5.74) is 1.41. The third-order valence-electron chi connectivity index (χ3n) is 5.42. The zero-order valence-corrected chi connectivity index (χ0v) is 20.0. The van der Waals surface area contributed by atoms with Crippen molar-refractivity contribution in [1.29, 1.82) is 0 Å². The van der Waals surface area contributed by atoms with Gasteiger partial charge in [-0.3, -0.25) is 9.69 Å². The molecule has 2 fully saturated rings. The van der Waals surface area contributed by atoms with Crippen LogP contribution in [0.4, 0.5) is 5.69 Å².